The van der Waals surface area contributed by atoms with Crippen molar-refractivity contribution in [2.45, 2.75) is 31.6 Å². The van der Waals surface area contributed by atoms with Gasteiger partial charge >= 0.3 is 0 Å². The highest BCUT2D eigenvalue weighted by atomic mass is 35.5. The van der Waals surface area contributed by atoms with E-state index >= 15 is 0 Å². The van der Waals surface area contributed by atoms with Crippen LogP contribution in [0.3, 0.4) is 0 Å². The Morgan fingerprint density at radius 3 is 2.59 bits per heavy atom. The number of rotatable bonds is 8. The number of hydrogen-bond acceptors (Lipinski definition) is 6. The first-order valence-electron chi connectivity index (χ1n) is 8.83. The molecular formula is C20H19Cl2N3O3S. The first kappa shape index (κ1) is 21.5. The molecule has 1 N–H and O–H groups in total. The number of thioether (sulfide) groups is 1. The number of nitrogens with zero attached hydrogens (tertiary/aromatic N) is 2. The van der Waals surface area contributed by atoms with Crippen molar-refractivity contribution in [3.63, 3.8) is 0 Å². The molecule has 0 bridgehead atoms. The lowest BCUT2D eigenvalue weighted by Crippen LogP contribution is -2.13. The van der Waals surface area contributed by atoms with E-state index in [2.05, 4.69) is 29.4 Å². The minimum Gasteiger partial charge on any atom is -0.484 e. The second kappa shape index (κ2) is 10.0. The van der Waals surface area contributed by atoms with Crippen LogP contribution in [0, 0.1) is 0 Å². The normalized spacial score (nSPS) is 10.9. The van der Waals surface area contributed by atoms with Crippen molar-refractivity contribution in [1.82, 2.24) is 10.2 Å². The SMILES string of the molecule is CC(C)c1ccc(OCc2nnc(SCC(=O)Nc3ccc(Cl)c(Cl)c3)o2)cc1. The van der Waals surface area contributed by atoms with E-state index in [0.29, 0.717) is 32.8 Å². The summed E-state index contributed by atoms with van der Waals surface area (Å²) < 4.78 is 11.2. The van der Waals surface area contributed by atoms with E-state index < -0.39 is 0 Å². The summed E-state index contributed by atoms with van der Waals surface area (Å²) in [4.78, 5) is 12.1. The summed E-state index contributed by atoms with van der Waals surface area (Å²) in [5.74, 6) is 1.41. The maximum atomic E-state index is 12.1. The first-order valence-corrected chi connectivity index (χ1v) is 10.6. The quantitative estimate of drug-likeness (QED) is 0.435. The molecule has 0 radical (unpaired) electrons. The highest BCUT2D eigenvalue weighted by Gasteiger charge is 2.11. The maximum absolute atomic E-state index is 12.1. The predicted octanol–water partition coefficient (Wildman–Crippen LogP) is 5.81. The maximum Gasteiger partial charge on any atom is 0.277 e. The Balaban J connectivity index is 1.46. The zero-order valence-electron chi connectivity index (χ0n) is 15.8. The predicted molar refractivity (Wildman–Crippen MR) is 115 cm³/mol. The summed E-state index contributed by atoms with van der Waals surface area (Å²) in [6.45, 7) is 4.43. The minimum atomic E-state index is -0.227. The van der Waals surface area contributed by atoms with Crippen LogP contribution >= 0.6 is 35.0 Å². The number of hydrogen-bond donors (Lipinski definition) is 1. The van der Waals surface area contributed by atoms with Crippen LogP contribution in [0.2, 0.25) is 10.0 Å². The Kier molecular flexibility index (Phi) is 7.41. The molecule has 0 fully saturated rings. The zero-order valence-corrected chi connectivity index (χ0v) is 18.1. The summed E-state index contributed by atoms with van der Waals surface area (Å²) in [6.07, 6.45) is 0. The lowest BCUT2D eigenvalue weighted by Gasteiger charge is -2.07. The fourth-order valence-electron chi connectivity index (χ4n) is 2.35. The molecule has 3 rings (SSSR count). The molecular weight excluding hydrogens is 433 g/mol. The molecule has 152 valence electrons. The average Bonchev–Trinajstić information content (AvgIpc) is 3.16. The van der Waals surface area contributed by atoms with Gasteiger partial charge in [-0.15, -0.1) is 10.2 Å². The number of aromatic nitrogens is 2. The Hall–Kier alpha value is -2.22. The Morgan fingerprint density at radius 2 is 1.90 bits per heavy atom. The third kappa shape index (κ3) is 6.39. The second-order valence-corrected chi connectivity index (χ2v) is 8.18. The van der Waals surface area contributed by atoms with Gasteiger partial charge < -0.3 is 14.5 Å². The molecule has 0 atom stereocenters. The van der Waals surface area contributed by atoms with Gasteiger partial charge in [0.25, 0.3) is 11.1 Å². The molecule has 1 aromatic heterocycles. The fraction of sp³-hybridized carbons (Fsp3) is 0.250. The van der Waals surface area contributed by atoms with Crippen LogP contribution in [-0.2, 0) is 11.4 Å². The van der Waals surface area contributed by atoms with Crippen molar-refractivity contribution in [2.24, 2.45) is 0 Å². The number of carbonyl (C=O) groups is 1. The smallest absolute Gasteiger partial charge is 0.277 e. The van der Waals surface area contributed by atoms with Gasteiger partial charge in [-0.1, -0.05) is 60.9 Å². The van der Waals surface area contributed by atoms with Crippen LogP contribution in [-0.4, -0.2) is 21.9 Å². The summed E-state index contributed by atoms with van der Waals surface area (Å²) in [6, 6.07) is 12.8. The molecule has 0 unspecified atom stereocenters. The van der Waals surface area contributed by atoms with E-state index in [4.69, 9.17) is 32.4 Å². The van der Waals surface area contributed by atoms with Crippen molar-refractivity contribution in [3.8, 4) is 5.75 Å². The van der Waals surface area contributed by atoms with Crippen LogP contribution in [0.15, 0.2) is 52.1 Å². The molecule has 0 saturated heterocycles. The second-order valence-electron chi connectivity index (χ2n) is 6.44. The molecule has 0 spiro atoms. The van der Waals surface area contributed by atoms with E-state index in [1.54, 1.807) is 18.2 Å². The molecule has 0 aliphatic heterocycles. The molecule has 2 aromatic carbocycles. The van der Waals surface area contributed by atoms with Crippen molar-refractivity contribution in [3.05, 3.63) is 64.0 Å². The number of anilines is 1. The van der Waals surface area contributed by atoms with Gasteiger partial charge in [0.15, 0.2) is 6.61 Å². The van der Waals surface area contributed by atoms with Crippen LogP contribution in [0.5, 0.6) is 5.75 Å². The monoisotopic (exact) mass is 451 g/mol. The van der Waals surface area contributed by atoms with E-state index in [1.807, 2.05) is 24.3 Å². The molecule has 0 saturated carbocycles. The number of amides is 1. The van der Waals surface area contributed by atoms with Crippen molar-refractivity contribution < 1.29 is 13.9 Å². The number of benzene rings is 2. The molecule has 29 heavy (non-hydrogen) atoms. The molecule has 6 nitrogen and oxygen atoms in total. The van der Waals surface area contributed by atoms with Gasteiger partial charge in [-0.2, -0.15) is 0 Å². The zero-order chi connectivity index (χ0) is 20.8. The van der Waals surface area contributed by atoms with Crippen LogP contribution in [0.25, 0.3) is 0 Å². The molecule has 3 aromatic rings. The minimum absolute atomic E-state index is 0.111. The summed E-state index contributed by atoms with van der Waals surface area (Å²) in [5.41, 5.74) is 1.81. The largest absolute Gasteiger partial charge is 0.484 e. The molecule has 0 aliphatic rings. The summed E-state index contributed by atoms with van der Waals surface area (Å²) in [7, 11) is 0. The Morgan fingerprint density at radius 1 is 1.14 bits per heavy atom. The van der Waals surface area contributed by atoms with Gasteiger partial charge in [-0.25, -0.2) is 0 Å². The standard InChI is InChI=1S/C20H19Cl2N3O3S/c1-12(2)13-3-6-15(7-4-13)27-10-19-24-25-20(28-19)29-11-18(26)23-14-5-8-16(21)17(22)9-14/h3-9,12H,10-11H2,1-2H3,(H,23,26). The van der Waals surface area contributed by atoms with Crippen molar-refractivity contribution >= 4 is 46.6 Å². The number of ether oxygens (including phenoxy) is 1. The Labute approximate surface area is 182 Å². The van der Waals surface area contributed by atoms with Crippen molar-refractivity contribution in [2.75, 3.05) is 11.1 Å². The highest BCUT2D eigenvalue weighted by molar-refractivity contribution is 7.99. The molecule has 0 aliphatic carbocycles. The first-order chi connectivity index (χ1) is 13.9. The molecule has 9 heteroatoms. The summed E-state index contributed by atoms with van der Waals surface area (Å²) >= 11 is 12.9. The van der Waals surface area contributed by atoms with Gasteiger partial charge in [-0.3, -0.25) is 4.79 Å². The van der Waals surface area contributed by atoms with Gasteiger partial charge in [-0.05, 0) is 41.8 Å². The number of halogens is 2. The highest BCUT2D eigenvalue weighted by Crippen LogP contribution is 2.25. The molecule has 1 heterocycles. The van der Waals surface area contributed by atoms with Crippen LogP contribution in [0.4, 0.5) is 5.69 Å². The van der Waals surface area contributed by atoms with Crippen molar-refractivity contribution in [1.29, 1.82) is 0 Å². The van der Waals surface area contributed by atoms with Gasteiger partial charge in [0, 0.05) is 5.69 Å². The average molecular weight is 452 g/mol. The van der Waals surface area contributed by atoms with E-state index in [9.17, 15) is 4.79 Å². The third-order valence-electron chi connectivity index (χ3n) is 3.89. The van der Waals surface area contributed by atoms with Gasteiger partial charge in [0.05, 0.1) is 15.8 Å². The summed E-state index contributed by atoms with van der Waals surface area (Å²) in [5, 5.41) is 11.7. The van der Waals surface area contributed by atoms with E-state index in [0.717, 1.165) is 17.5 Å². The number of nitrogens with one attached hydrogen (secondary N) is 1. The van der Waals surface area contributed by atoms with Crippen LogP contribution in [0.1, 0.15) is 31.2 Å². The fourth-order valence-corrected chi connectivity index (χ4v) is 3.23. The lowest BCUT2D eigenvalue weighted by molar-refractivity contribution is -0.113. The van der Waals surface area contributed by atoms with Gasteiger partial charge in [0.1, 0.15) is 5.75 Å². The van der Waals surface area contributed by atoms with E-state index in [-0.39, 0.29) is 18.3 Å². The Bertz CT molecular complexity index is 977. The molecule has 1 amide bonds. The van der Waals surface area contributed by atoms with Gasteiger partial charge in [0.2, 0.25) is 5.91 Å². The van der Waals surface area contributed by atoms with E-state index in [1.165, 1.54) is 5.56 Å². The lowest BCUT2D eigenvalue weighted by atomic mass is 10.0. The number of carbonyl (C=O) groups excluding carboxylic acids is 1. The third-order valence-corrected chi connectivity index (χ3v) is 5.44. The topological polar surface area (TPSA) is 77.2 Å². The van der Waals surface area contributed by atoms with Crippen LogP contribution < -0.4 is 10.1 Å².